The first-order chi connectivity index (χ1) is 16.8. The second-order valence-corrected chi connectivity index (χ2v) is 8.31. The minimum Gasteiger partial charge on any atom is -0.481 e. The number of nitrogens with zero attached hydrogens (tertiary/aromatic N) is 2. The Morgan fingerprint density at radius 3 is 2.17 bits per heavy atom. The largest absolute Gasteiger partial charge is 0.481 e. The third kappa shape index (κ3) is 10.1. The number of aliphatic carboxylic acids is 2. The summed E-state index contributed by atoms with van der Waals surface area (Å²) < 4.78 is 0. The second kappa shape index (κ2) is 14.4. The quantitative estimate of drug-likeness (QED) is 0.0594. The maximum absolute atomic E-state index is 13.1. The van der Waals surface area contributed by atoms with Gasteiger partial charge in [0.2, 0.25) is 23.6 Å². The minimum atomic E-state index is -1.60. The average Bonchev–Trinajstić information content (AvgIpc) is 3.28. The van der Waals surface area contributed by atoms with Gasteiger partial charge in [-0.25, -0.2) is 4.79 Å². The van der Waals surface area contributed by atoms with Crippen molar-refractivity contribution in [2.24, 2.45) is 27.9 Å². The number of likely N-dealkylation sites (tertiary alicyclic amines) is 1. The molecule has 202 valence electrons. The molecule has 1 rings (SSSR count). The van der Waals surface area contributed by atoms with Crippen molar-refractivity contribution in [2.75, 3.05) is 13.1 Å². The van der Waals surface area contributed by atoms with Crippen LogP contribution in [0.5, 0.6) is 0 Å². The number of nitrogens with two attached hydrogens (primary N) is 4. The lowest BCUT2D eigenvalue weighted by molar-refractivity contribution is -0.149. The van der Waals surface area contributed by atoms with Crippen LogP contribution in [0.1, 0.15) is 44.9 Å². The van der Waals surface area contributed by atoms with Crippen molar-refractivity contribution in [1.82, 2.24) is 15.5 Å². The Morgan fingerprint density at radius 2 is 1.61 bits per heavy atom. The summed E-state index contributed by atoms with van der Waals surface area (Å²) in [5.74, 6) is -6.02. The van der Waals surface area contributed by atoms with E-state index in [1.165, 1.54) is 0 Å². The monoisotopic (exact) mass is 514 g/mol. The van der Waals surface area contributed by atoms with Crippen LogP contribution in [0.15, 0.2) is 4.99 Å². The first kappa shape index (κ1) is 30.1. The van der Waals surface area contributed by atoms with Crippen LogP contribution in [-0.4, -0.2) is 93.9 Å². The van der Waals surface area contributed by atoms with E-state index in [1.54, 1.807) is 0 Å². The zero-order valence-corrected chi connectivity index (χ0v) is 19.7. The summed E-state index contributed by atoms with van der Waals surface area (Å²) in [7, 11) is 0. The van der Waals surface area contributed by atoms with Gasteiger partial charge >= 0.3 is 11.9 Å². The van der Waals surface area contributed by atoms with Crippen molar-refractivity contribution in [3.8, 4) is 0 Å². The first-order valence-electron chi connectivity index (χ1n) is 11.3. The molecule has 0 aromatic rings. The van der Waals surface area contributed by atoms with E-state index in [-0.39, 0.29) is 51.2 Å². The van der Waals surface area contributed by atoms with Gasteiger partial charge in [0.1, 0.15) is 18.1 Å². The summed E-state index contributed by atoms with van der Waals surface area (Å²) in [6, 6.07) is -5.13. The van der Waals surface area contributed by atoms with Gasteiger partial charge in [0.05, 0.1) is 12.5 Å². The first-order valence-corrected chi connectivity index (χ1v) is 11.3. The van der Waals surface area contributed by atoms with Crippen molar-refractivity contribution in [1.29, 1.82) is 0 Å². The summed E-state index contributed by atoms with van der Waals surface area (Å²) in [6.45, 7) is 0.286. The number of amides is 4. The van der Waals surface area contributed by atoms with Crippen LogP contribution in [0, 0.1) is 0 Å². The summed E-state index contributed by atoms with van der Waals surface area (Å²) >= 11 is 0. The Bertz CT molecular complexity index is 876. The Kier molecular flexibility index (Phi) is 12.1. The van der Waals surface area contributed by atoms with Gasteiger partial charge in [0.25, 0.3) is 0 Å². The molecule has 1 aliphatic rings. The summed E-state index contributed by atoms with van der Waals surface area (Å²) in [4.78, 5) is 77.1. The van der Waals surface area contributed by atoms with Gasteiger partial charge in [-0.3, -0.25) is 29.0 Å². The normalized spacial score (nSPS) is 17.4. The zero-order chi connectivity index (χ0) is 27.4. The second-order valence-electron chi connectivity index (χ2n) is 8.31. The van der Waals surface area contributed by atoms with Gasteiger partial charge in [-0.05, 0) is 32.1 Å². The molecule has 1 heterocycles. The number of hydrogen-bond acceptors (Lipinski definition) is 8. The molecule has 16 nitrogen and oxygen atoms in total. The number of hydrogen-bond donors (Lipinski definition) is 8. The lowest BCUT2D eigenvalue weighted by Crippen LogP contribution is -2.57. The average molecular weight is 515 g/mol. The molecule has 0 spiro atoms. The number of aliphatic imine (C=N–C) groups is 1. The van der Waals surface area contributed by atoms with Crippen LogP contribution in [0.3, 0.4) is 0 Å². The molecular formula is C20H34N8O8. The molecule has 0 saturated carbocycles. The topological polar surface area (TPSA) is 287 Å². The van der Waals surface area contributed by atoms with Crippen LogP contribution in [0.4, 0.5) is 0 Å². The molecule has 1 aliphatic heterocycles. The Morgan fingerprint density at radius 1 is 0.972 bits per heavy atom. The summed E-state index contributed by atoms with van der Waals surface area (Å²) in [5.41, 5.74) is 21.3. The molecule has 0 bridgehead atoms. The van der Waals surface area contributed by atoms with E-state index in [2.05, 4.69) is 15.6 Å². The Hall–Kier alpha value is -3.95. The van der Waals surface area contributed by atoms with Crippen molar-refractivity contribution < 1.29 is 39.0 Å². The van der Waals surface area contributed by atoms with Crippen molar-refractivity contribution in [3.05, 3.63) is 0 Å². The highest BCUT2D eigenvalue weighted by atomic mass is 16.4. The van der Waals surface area contributed by atoms with E-state index in [0.29, 0.717) is 6.42 Å². The molecule has 0 aromatic carbocycles. The highest BCUT2D eigenvalue weighted by molar-refractivity contribution is 5.95. The fraction of sp³-hybridized carbons (Fsp3) is 0.650. The van der Waals surface area contributed by atoms with Crippen molar-refractivity contribution in [3.63, 3.8) is 0 Å². The number of guanidine groups is 1. The molecule has 0 aromatic heterocycles. The molecule has 1 saturated heterocycles. The van der Waals surface area contributed by atoms with E-state index in [4.69, 9.17) is 22.9 Å². The summed E-state index contributed by atoms with van der Waals surface area (Å²) in [6.07, 6.45) is -0.201. The third-order valence-electron chi connectivity index (χ3n) is 5.43. The molecule has 1 fully saturated rings. The van der Waals surface area contributed by atoms with Gasteiger partial charge in [-0.15, -0.1) is 0 Å². The molecule has 4 unspecified atom stereocenters. The van der Waals surface area contributed by atoms with Gasteiger partial charge in [-0.1, -0.05) is 0 Å². The fourth-order valence-corrected chi connectivity index (χ4v) is 3.61. The van der Waals surface area contributed by atoms with Gasteiger partial charge in [-0.2, -0.15) is 0 Å². The minimum absolute atomic E-state index is 0.00998. The standard InChI is InChI=1S/C20H34N8O8/c21-10(5-6-14(22)29)16(32)27-12(9-15(30)31)17(33)26-11(3-1-7-25-20(23)24)18(34)28-8-2-4-13(28)19(35)36/h10-13H,1-9,21H2,(H2,22,29)(H,26,33)(H,27,32)(H,30,31)(H,35,36)(H4,23,24,25). The fourth-order valence-electron chi connectivity index (χ4n) is 3.61. The maximum Gasteiger partial charge on any atom is 0.326 e. The van der Waals surface area contributed by atoms with E-state index < -0.39 is 66.2 Å². The molecule has 36 heavy (non-hydrogen) atoms. The van der Waals surface area contributed by atoms with Crippen LogP contribution < -0.4 is 33.6 Å². The van der Waals surface area contributed by atoms with Crippen LogP contribution in [0.25, 0.3) is 0 Å². The smallest absolute Gasteiger partial charge is 0.326 e. The number of carbonyl (C=O) groups excluding carboxylic acids is 4. The Labute approximate surface area is 206 Å². The highest BCUT2D eigenvalue weighted by Crippen LogP contribution is 2.19. The number of carbonyl (C=O) groups is 6. The number of carboxylic acids is 2. The number of primary amides is 1. The van der Waals surface area contributed by atoms with E-state index in [0.717, 1.165) is 4.90 Å². The zero-order valence-electron chi connectivity index (χ0n) is 19.7. The lowest BCUT2D eigenvalue weighted by Gasteiger charge is -2.28. The summed E-state index contributed by atoms with van der Waals surface area (Å²) in [5, 5.41) is 23.2. The Balaban J connectivity index is 3.02. The maximum atomic E-state index is 13.1. The van der Waals surface area contributed by atoms with Crippen LogP contribution in [-0.2, 0) is 28.8 Å². The predicted molar refractivity (Wildman–Crippen MR) is 125 cm³/mol. The lowest BCUT2D eigenvalue weighted by atomic mass is 10.1. The molecule has 0 radical (unpaired) electrons. The molecule has 4 amide bonds. The van der Waals surface area contributed by atoms with Crippen molar-refractivity contribution in [2.45, 2.75) is 69.1 Å². The molecule has 0 aliphatic carbocycles. The highest BCUT2D eigenvalue weighted by Gasteiger charge is 2.38. The predicted octanol–water partition coefficient (Wildman–Crippen LogP) is -3.85. The molecule has 12 N–H and O–H groups in total. The van der Waals surface area contributed by atoms with Gasteiger partial charge in [0, 0.05) is 19.5 Å². The van der Waals surface area contributed by atoms with Gasteiger partial charge < -0.3 is 48.7 Å². The third-order valence-corrected chi connectivity index (χ3v) is 5.43. The van der Waals surface area contributed by atoms with Crippen molar-refractivity contribution >= 4 is 41.5 Å². The van der Waals surface area contributed by atoms with E-state index in [9.17, 15) is 39.0 Å². The van der Waals surface area contributed by atoms with Crippen LogP contribution in [0.2, 0.25) is 0 Å². The number of carboxylic acid groups (broad SMARTS) is 2. The number of nitrogens with one attached hydrogen (secondary N) is 2. The van der Waals surface area contributed by atoms with E-state index in [1.807, 2.05) is 0 Å². The van der Waals surface area contributed by atoms with E-state index >= 15 is 0 Å². The molecular weight excluding hydrogens is 480 g/mol. The number of rotatable bonds is 15. The van der Waals surface area contributed by atoms with Crippen LogP contribution >= 0.6 is 0 Å². The SMILES string of the molecule is NC(=O)CCC(N)C(=O)NC(CC(=O)O)C(=O)NC(CCCN=C(N)N)C(=O)N1CCCC1C(=O)O. The van der Waals surface area contributed by atoms with Gasteiger partial charge in [0.15, 0.2) is 5.96 Å². The molecule has 4 atom stereocenters. The molecule has 16 heteroatoms.